The van der Waals surface area contributed by atoms with Crippen LogP contribution in [-0.4, -0.2) is 52.2 Å². The van der Waals surface area contributed by atoms with Crippen molar-refractivity contribution >= 4 is 5.97 Å². The van der Waals surface area contributed by atoms with Gasteiger partial charge in [0.2, 0.25) is 0 Å². The number of hydrogen-bond donors (Lipinski definition) is 1. The summed E-state index contributed by atoms with van der Waals surface area (Å²) in [5.41, 5.74) is 0.556. The highest BCUT2D eigenvalue weighted by Gasteiger charge is 2.25. The van der Waals surface area contributed by atoms with Gasteiger partial charge in [-0.25, -0.2) is 9.78 Å². The Labute approximate surface area is 106 Å². The highest BCUT2D eigenvalue weighted by Crippen LogP contribution is 2.24. The molecule has 0 atom stereocenters. The first-order valence-corrected chi connectivity index (χ1v) is 5.98. The number of nitrogens with zero attached hydrogens (tertiary/aromatic N) is 3. The normalized spacial score (nSPS) is 14.8. The van der Waals surface area contributed by atoms with E-state index in [0.29, 0.717) is 18.3 Å². The molecule has 0 amide bonds. The van der Waals surface area contributed by atoms with Crippen molar-refractivity contribution in [2.45, 2.75) is 25.8 Å². The molecule has 1 saturated carbocycles. The Kier molecular flexibility index (Phi) is 3.76. The second kappa shape index (κ2) is 5.30. The summed E-state index contributed by atoms with van der Waals surface area (Å²) in [5.74, 6) is -1.07. The number of carboxylic acid groups (broad SMARTS) is 1. The molecule has 0 aliphatic heterocycles. The van der Waals surface area contributed by atoms with Crippen molar-refractivity contribution in [3.05, 3.63) is 17.5 Å². The van der Waals surface area contributed by atoms with Gasteiger partial charge in [-0.2, -0.15) is 4.98 Å². The molecule has 1 fully saturated rings. The zero-order chi connectivity index (χ0) is 13.1. The quantitative estimate of drug-likeness (QED) is 0.811. The van der Waals surface area contributed by atoms with Crippen LogP contribution in [0.15, 0.2) is 6.07 Å². The van der Waals surface area contributed by atoms with Crippen LogP contribution in [-0.2, 0) is 0 Å². The molecular weight excluding hydrogens is 234 g/mol. The Hall–Kier alpha value is -1.69. The van der Waals surface area contributed by atoms with E-state index in [1.54, 1.807) is 6.92 Å². The number of carboxylic acids is 1. The number of aryl methyl sites for hydroxylation is 1. The number of ether oxygens (including phenoxy) is 1. The summed E-state index contributed by atoms with van der Waals surface area (Å²) in [7, 11) is 2.06. The monoisotopic (exact) mass is 251 g/mol. The van der Waals surface area contributed by atoms with E-state index in [1.807, 2.05) is 0 Å². The Bertz CT molecular complexity index is 446. The maximum Gasteiger partial charge on any atom is 0.354 e. The first-order chi connectivity index (χ1) is 8.56. The Morgan fingerprint density at radius 2 is 2.28 bits per heavy atom. The topological polar surface area (TPSA) is 75.6 Å². The average molecular weight is 251 g/mol. The van der Waals surface area contributed by atoms with Gasteiger partial charge >= 0.3 is 12.0 Å². The van der Waals surface area contributed by atoms with Crippen molar-refractivity contribution in [3.63, 3.8) is 0 Å². The largest absolute Gasteiger partial charge is 0.477 e. The molecule has 0 bridgehead atoms. The molecule has 2 rings (SSSR count). The van der Waals surface area contributed by atoms with Crippen LogP contribution in [0.5, 0.6) is 6.01 Å². The van der Waals surface area contributed by atoms with Gasteiger partial charge in [0.05, 0.1) is 0 Å². The molecule has 0 spiro atoms. The third-order valence-electron chi connectivity index (χ3n) is 2.90. The molecule has 1 heterocycles. The van der Waals surface area contributed by atoms with Crippen LogP contribution in [0, 0.1) is 6.92 Å². The summed E-state index contributed by atoms with van der Waals surface area (Å²) in [6, 6.07) is 2.24. The number of aromatic nitrogens is 2. The van der Waals surface area contributed by atoms with Crippen LogP contribution < -0.4 is 4.74 Å². The molecular formula is C12H17N3O3. The Morgan fingerprint density at radius 3 is 2.89 bits per heavy atom. The summed E-state index contributed by atoms with van der Waals surface area (Å²) in [6.07, 6.45) is 2.50. The van der Waals surface area contributed by atoms with E-state index in [9.17, 15) is 4.79 Å². The molecule has 1 aliphatic rings. The number of rotatable bonds is 6. The van der Waals surface area contributed by atoms with E-state index in [0.717, 1.165) is 6.54 Å². The minimum Gasteiger partial charge on any atom is -0.477 e. The third kappa shape index (κ3) is 3.40. The average Bonchev–Trinajstić information content (AvgIpc) is 3.11. The lowest BCUT2D eigenvalue weighted by Crippen LogP contribution is -2.26. The van der Waals surface area contributed by atoms with Crippen LogP contribution in [0.25, 0.3) is 0 Å². The van der Waals surface area contributed by atoms with E-state index >= 15 is 0 Å². The zero-order valence-electron chi connectivity index (χ0n) is 10.6. The molecule has 18 heavy (non-hydrogen) atoms. The lowest BCUT2D eigenvalue weighted by Gasteiger charge is -2.15. The van der Waals surface area contributed by atoms with Gasteiger partial charge in [-0.1, -0.05) is 0 Å². The van der Waals surface area contributed by atoms with Gasteiger partial charge in [0, 0.05) is 18.3 Å². The first-order valence-electron chi connectivity index (χ1n) is 5.98. The van der Waals surface area contributed by atoms with E-state index in [1.165, 1.54) is 18.9 Å². The maximum atomic E-state index is 10.8. The van der Waals surface area contributed by atoms with E-state index in [2.05, 4.69) is 21.9 Å². The lowest BCUT2D eigenvalue weighted by atomic mass is 10.3. The fourth-order valence-electron chi connectivity index (χ4n) is 1.69. The highest BCUT2D eigenvalue weighted by molar-refractivity contribution is 5.85. The predicted octanol–water partition coefficient (Wildman–Crippen LogP) is 0.956. The van der Waals surface area contributed by atoms with Crippen molar-refractivity contribution in [1.29, 1.82) is 0 Å². The molecule has 6 nitrogen and oxygen atoms in total. The molecule has 1 aliphatic carbocycles. The van der Waals surface area contributed by atoms with Crippen LogP contribution in [0.1, 0.15) is 29.0 Å². The number of aromatic carboxylic acids is 1. The minimum atomic E-state index is -1.07. The Morgan fingerprint density at radius 1 is 1.56 bits per heavy atom. The maximum absolute atomic E-state index is 10.8. The van der Waals surface area contributed by atoms with Crippen LogP contribution in [0.2, 0.25) is 0 Å². The highest BCUT2D eigenvalue weighted by atomic mass is 16.5. The van der Waals surface area contributed by atoms with Gasteiger partial charge in [-0.05, 0) is 32.9 Å². The van der Waals surface area contributed by atoms with Crippen molar-refractivity contribution in [2.75, 3.05) is 20.2 Å². The summed E-state index contributed by atoms with van der Waals surface area (Å²) >= 11 is 0. The van der Waals surface area contributed by atoms with Crippen molar-refractivity contribution < 1.29 is 14.6 Å². The van der Waals surface area contributed by atoms with Crippen LogP contribution in [0.4, 0.5) is 0 Å². The zero-order valence-corrected chi connectivity index (χ0v) is 10.6. The van der Waals surface area contributed by atoms with Gasteiger partial charge in [-0.15, -0.1) is 0 Å². The molecule has 0 unspecified atom stereocenters. The van der Waals surface area contributed by atoms with Gasteiger partial charge in [0.15, 0.2) is 5.69 Å². The third-order valence-corrected chi connectivity index (χ3v) is 2.90. The van der Waals surface area contributed by atoms with Crippen molar-refractivity contribution in [3.8, 4) is 6.01 Å². The second-order valence-corrected chi connectivity index (χ2v) is 4.54. The predicted molar refractivity (Wildman–Crippen MR) is 64.9 cm³/mol. The van der Waals surface area contributed by atoms with Crippen molar-refractivity contribution in [2.24, 2.45) is 0 Å². The standard InChI is InChI=1S/C12H17N3O3/c1-8-7-10(11(16)17)14-12(13-8)18-6-5-15(2)9-3-4-9/h7,9H,3-6H2,1-2H3,(H,16,17). The fraction of sp³-hybridized carbons (Fsp3) is 0.583. The molecule has 1 aromatic rings. The van der Waals surface area contributed by atoms with E-state index in [4.69, 9.17) is 9.84 Å². The molecule has 1 N–H and O–H groups in total. The smallest absolute Gasteiger partial charge is 0.354 e. The SMILES string of the molecule is Cc1cc(C(=O)O)nc(OCCN(C)C2CC2)n1. The molecule has 0 aromatic carbocycles. The number of likely N-dealkylation sites (N-methyl/N-ethyl adjacent to an activating group) is 1. The van der Waals surface area contributed by atoms with Crippen LogP contribution in [0.3, 0.4) is 0 Å². The molecule has 98 valence electrons. The summed E-state index contributed by atoms with van der Waals surface area (Å²) < 4.78 is 5.40. The number of hydrogen-bond acceptors (Lipinski definition) is 5. The summed E-state index contributed by atoms with van der Waals surface area (Å²) in [5, 5.41) is 8.87. The Balaban J connectivity index is 1.89. The first kappa shape index (κ1) is 12.8. The molecule has 0 saturated heterocycles. The van der Waals surface area contributed by atoms with E-state index < -0.39 is 5.97 Å². The van der Waals surface area contributed by atoms with E-state index in [-0.39, 0.29) is 11.7 Å². The molecule has 0 radical (unpaired) electrons. The molecule has 6 heteroatoms. The van der Waals surface area contributed by atoms with Crippen LogP contribution >= 0.6 is 0 Å². The number of carbonyl (C=O) groups is 1. The second-order valence-electron chi connectivity index (χ2n) is 4.54. The lowest BCUT2D eigenvalue weighted by molar-refractivity contribution is 0.0688. The van der Waals surface area contributed by atoms with Gasteiger partial charge in [0.1, 0.15) is 6.61 Å². The van der Waals surface area contributed by atoms with Gasteiger partial charge in [-0.3, -0.25) is 0 Å². The van der Waals surface area contributed by atoms with Gasteiger partial charge < -0.3 is 14.7 Å². The van der Waals surface area contributed by atoms with Gasteiger partial charge in [0.25, 0.3) is 0 Å². The fourth-order valence-corrected chi connectivity index (χ4v) is 1.69. The molecule has 1 aromatic heterocycles. The minimum absolute atomic E-state index is 0.0342. The summed E-state index contributed by atoms with van der Waals surface area (Å²) in [6.45, 7) is 2.98. The van der Waals surface area contributed by atoms with Crippen molar-refractivity contribution in [1.82, 2.24) is 14.9 Å². The summed E-state index contributed by atoms with van der Waals surface area (Å²) in [4.78, 5) is 21.0.